The molecule has 15 heavy (non-hydrogen) atoms. The topological polar surface area (TPSA) is 43.8 Å². The standard InChI is InChI=1S/C11H12ClN3/c1-7-5-11(15(2)14-7)9-4-3-8(12)6-10(9)13/h3-6H,13H2,1-2H3. The highest BCUT2D eigenvalue weighted by Gasteiger charge is 2.08. The van der Waals surface area contributed by atoms with Gasteiger partial charge in [0, 0.05) is 23.3 Å². The number of nitrogen functional groups attached to an aromatic ring is 1. The van der Waals surface area contributed by atoms with Gasteiger partial charge in [-0.2, -0.15) is 5.10 Å². The molecule has 1 aromatic heterocycles. The molecule has 0 aliphatic heterocycles. The molecule has 0 fully saturated rings. The third-order valence-corrected chi connectivity index (χ3v) is 2.53. The second kappa shape index (κ2) is 3.59. The van der Waals surface area contributed by atoms with Crippen molar-refractivity contribution in [3.63, 3.8) is 0 Å². The van der Waals surface area contributed by atoms with E-state index in [1.807, 2.05) is 36.9 Å². The van der Waals surface area contributed by atoms with Gasteiger partial charge >= 0.3 is 0 Å². The summed E-state index contributed by atoms with van der Waals surface area (Å²) in [6.07, 6.45) is 0. The molecule has 0 spiro atoms. The fourth-order valence-electron chi connectivity index (χ4n) is 1.63. The molecule has 1 heterocycles. The Morgan fingerprint density at radius 3 is 2.60 bits per heavy atom. The highest BCUT2D eigenvalue weighted by atomic mass is 35.5. The van der Waals surface area contributed by atoms with Crippen LogP contribution in [0.4, 0.5) is 5.69 Å². The maximum Gasteiger partial charge on any atom is 0.0702 e. The minimum absolute atomic E-state index is 0.648. The average molecular weight is 222 g/mol. The largest absolute Gasteiger partial charge is 0.398 e. The zero-order valence-electron chi connectivity index (χ0n) is 8.66. The van der Waals surface area contributed by atoms with Gasteiger partial charge in [0.15, 0.2) is 0 Å². The maximum absolute atomic E-state index is 5.91. The van der Waals surface area contributed by atoms with Crippen molar-refractivity contribution in [3.05, 3.63) is 35.0 Å². The van der Waals surface area contributed by atoms with Crippen molar-refractivity contribution in [2.75, 3.05) is 5.73 Å². The molecule has 1 aromatic carbocycles. The molecule has 78 valence electrons. The Hall–Kier alpha value is -1.48. The molecule has 4 heteroatoms. The lowest BCUT2D eigenvalue weighted by Gasteiger charge is -2.05. The summed E-state index contributed by atoms with van der Waals surface area (Å²) < 4.78 is 1.81. The molecule has 3 nitrogen and oxygen atoms in total. The summed E-state index contributed by atoms with van der Waals surface area (Å²) in [6, 6.07) is 7.49. The van der Waals surface area contributed by atoms with E-state index in [1.165, 1.54) is 0 Å². The van der Waals surface area contributed by atoms with Crippen LogP contribution in [-0.2, 0) is 7.05 Å². The van der Waals surface area contributed by atoms with Gasteiger partial charge in [-0.05, 0) is 31.2 Å². The number of aryl methyl sites for hydroxylation is 2. The predicted molar refractivity (Wildman–Crippen MR) is 62.8 cm³/mol. The van der Waals surface area contributed by atoms with Crippen LogP contribution < -0.4 is 5.73 Å². The average Bonchev–Trinajstić information content (AvgIpc) is 2.45. The van der Waals surface area contributed by atoms with E-state index in [9.17, 15) is 0 Å². The van der Waals surface area contributed by atoms with Crippen LogP contribution in [0.2, 0.25) is 5.02 Å². The van der Waals surface area contributed by atoms with Gasteiger partial charge < -0.3 is 5.73 Å². The van der Waals surface area contributed by atoms with Gasteiger partial charge in [-0.3, -0.25) is 4.68 Å². The molecule has 0 amide bonds. The molecule has 0 unspecified atom stereocenters. The van der Waals surface area contributed by atoms with Gasteiger partial charge in [-0.25, -0.2) is 0 Å². The summed E-state index contributed by atoms with van der Waals surface area (Å²) in [5.74, 6) is 0. The molecule has 2 aromatic rings. The van der Waals surface area contributed by atoms with E-state index in [-0.39, 0.29) is 0 Å². The van der Waals surface area contributed by atoms with E-state index in [0.29, 0.717) is 10.7 Å². The molecule has 0 saturated carbocycles. The molecule has 0 saturated heterocycles. The Kier molecular flexibility index (Phi) is 2.40. The van der Waals surface area contributed by atoms with E-state index >= 15 is 0 Å². The number of rotatable bonds is 1. The molecular formula is C11H12ClN3. The van der Waals surface area contributed by atoms with Crippen LogP contribution in [0, 0.1) is 6.92 Å². The van der Waals surface area contributed by atoms with Crippen LogP contribution in [0.25, 0.3) is 11.3 Å². The van der Waals surface area contributed by atoms with Crippen LogP contribution in [0.3, 0.4) is 0 Å². The molecule has 0 bridgehead atoms. The van der Waals surface area contributed by atoms with Crippen molar-refractivity contribution in [1.82, 2.24) is 9.78 Å². The van der Waals surface area contributed by atoms with Crippen LogP contribution in [-0.4, -0.2) is 9.78 Å². The smallest absolute Gasteiger partial charge is 0.0702 e. The van der Waals surface area contributed by atoms with Crippen molar-refractivity contribution in [2.45, 2.75) is 6.92 Å². The van der Waals surface area contributed by atoms with Gasteiger partial charge in [0.2, 0.25) is 0 Å². The first kappa shape index (κ1) is 10.1. The van der Waals surface area contributed by atoms with E-state index in [1.54, 1.807) is 6.07 Å². The molecular weight excluding hydrogens is 210 g/mol. The zero-order chi connectivity index (χ0) is 11.0. The lowest BCUT2D eigenvalue weighted by molar-refractivity contribution is 0.764. The number of anilines is 1. The van der Waals surface area contributed by atoms with Crippen molar-refractivity contribution < 1.29 is 0 Å². The molecule has 0 aliphatic carbocycles. The first-order valence-corrected chi connectivity index (χ1v) is 5.02. The number of nitrogens with zero attached hydrogens (tertiary/aromatic N) is 2. The Labute approximate surface area is 93.5 Å². The Balaban J connectivity index is 2.59. The third kappa shape index (κ3) is 1.83. The minimum Gasteiger partial charge on any atom is -0.398 e. The predicted octanol–water partition coefficient (Wildman–Crippen LogP) is 2.63. The third-order valence-electron chi connectivity index (χ3n) is 2.29. The van der Waals surface area contributed by atoms with Crippen LogP contribution >= 0.6 is 11.6 Å². The number of halogens is 1. The molecule has 0 radical (unpaired) electrons. The highest BCUT2D eigenvalue weighted by molar-refractivity contribution is 6.31. The number of benzene rings is 1. The van der Waals surface area contributed by atoms with Crippen LogP contribution in [0.15, 0.2) is 24.3 Å². The normalized spacial score (nSPS) is 10.6. The fraction of sp³-hybridized carbons (Fsp3) is 0.182. The monoisotopic (exact) mass is 221 g/mol. The van der Waals surface area contributed by atoms with Gasteiger partial charge in [0.25, 0.3) is 0 Å². The van der Waals surface area contributed by atoms with Crippen molar-refractivity contribution in [3.8, 4) is 11.3 Å². The molecule has 0 aliphatic rings. The van der Waals surface area contributed by atoms with Crippen LogP contribution in [0.5, 0.6) is 0 Å². The maximum atomic E-state index is 5.91. The zero-order valence-corrected chi connectivity index (χ0v) is 9.42. The van der Waals surface area contributed by atoms with E-state index in [4.69, 9.17) is 17.3 Å². The van der Waals surface area contributed by atoms with Gasteiger partial charge in [-0.15, -0.1) is 0 Å². The van der Waals surface area contributed by atoms with Crippen LogP contribution in [0.1, 0.15) is 5.69 Å². The minimum atomic E-state index is 0.648. The summed E-state index contributed by atoms with van der Waals surface area (Å²) >= 11 is 5.85. The molecule has 2 N–H and O–H groups in total. The van der Waals surface area contributed by atoms with Gasteiger partial charge in [0.1, 0.15) is 0 Å². The number of nitrogens with two attached hydrogens (primary N) is 1. The van der Waals surface area contributed by atoms with Gasteiger partial charge in [-0.1, -0.05) is 11.6 Å². The summed E-state index contributed by atoms with van der Waals surface area (Å²) in [5, 5.41) is 4.93. The van der Waals surface area contributed by atoms with E-state index in [0.717, 1.165) is 17.0 Å². The van der Waals surface area contributed by atoms with Crippen molar-refractivity contribution in [2.24, 2.45) is 7.05 Å². The van der Waals surface area contributed by atoms with Gasteiger partial charge in [0.05, 0.1) is 11.4 Å². The first-order valence-electron chi connectivity index (χ1n) is 4.64. The molecule has 0 atom stereocenters. The number of aromatic nitrogens is 2. The molecule has 2 rings (SSSR count). The second-order valence-corrected chi connectivity index (χ2v) is 3.96. The van der Waals surface area contributed by atoms with Crippen molar-refractivity contribution in [1.29, 1.82) is 0 Å². The summed E-state index contributed by atoms with van der Waals surface area (Å²) in [5.41, 5.74) is 9.51. The summed E-state index contributed by atoms with van der Waals surface area (Å²) in [7, 11) is 1.90. The quantitative estimate of drug-likeness (QED) is 0.753. The number of hydrogen-bond acceptors (Lipinski definition) is 2. The highest BCUT2D eigenvalue weighted by Crippen LogP contribution is 2.28. The summed E-state index contributed by atoms with van der Waals surface area (Å²) in [6.45, 7) is 1.95. The Morgan fingerprint density at radius 1 is 1.33 bits per heavy atom. The SMILES string of the molecule is Cc1cc(-c2ccc(Cl)cc2N)n(C)n1. The Morgan fingerprint density at radius 2 is 2.07 bits per heavy atom. The lowest BCUT2D eigenvalue weighted by Crippen LogP contribution is -1.97. The lowest BCUT2D eigenvalue weighted by atomic mass is 10.1. The van der Waals surface area contributed by atoms with E-state index in [2.05, 4.69) is 5.10 Å². The fourth-order valence-corrected chi connectivity index (χ4v) is 1.81. The second-order valence-electron chi connectivity index (χ2n) is 3.53. The number of hydrogen-bond donors (Lipinski definition) is 1. The summed E-state index contributed by atoms with van der Waals surface area (Å²) in [4.78, 5) is 0. The van der Waals surface area contributed by atoms with Crippen molar-refractivity contribution >= 4 is 17.3 Å². The first-order chi connectivity index (χ1) is 7.08. The Bertz CT molecular complexity index is 503. The van der Waals surface area contributed by atoms with E-state index < -0.39 is 0 Å².